The van der Waals surface area contributed by atoms with Crippen molar-refractivity contribution in [3.8, 4) is 0 Å². The number of hydrogen-bond acceptors (Lipinski definition) is 3. The lowest BCUT2D eigenvalue weighted by Gasteiger charge is -2.11. The summed E-state index contributed by atoms with van der Waals surface area (Å²) in [5.74, 6) is 0. The van der Waals surface area contributed by atoms with Crippen molar-refractivity contribution < 1.29 is 21.6 Å². The number of nitrogen functional groups attached to an aromatic ring is 1. The number of nitrogens with two attached hydrogens (primary N) is 1. The van der Waals surface area contributed by atoms with Crippen LogP contribution >= 0.6 is 27.5 Å². The van der Waals surface area contributed by atoms with Crippen molar-refractivity contribution in [2.75, 3.05) is 12.3 Å². The van der Waals surface area contributed by atoms with Gasteiger partial charge in [0.15, 0.2) is 0 Å². The van der Waals surface area contributed by atoms with Gasteiger partial charge in [-0.1, -0.05) is 11.6 Å². The Morgan fingerprint density at radius 1 is 1.35 bits per heavy atom. The van der Waals surface area contributed by atoms with Crippen LogP contribution in [0, 0.1) is 0 Å². The van der Waals surface area contributed by atoms with Crippen molar-refractivity contribution in [1.29, 1.82) is 0 Å². The summed E-state index contributed by atoms with van der Waals surface area (Å²) in [7, 11) is -3.98. The lowest BCUT2D eigenvalue weighted by Crippen LogP contribution is -2.26. The maximum atomic E-state index is 11.9. The van der Waals surface area contributed by atoms with Gasteiger partial charge in [0.05, 0.1) is 9.37 Å². The van der Waals surface area contributed by atoms with Gasteiger partial charge in [0.25, 0.3) is 0 Å². The Morgan fingerprint density at radius 2 is 1.95 bits per heavy atom. The molecule has 0 heterocycles. The molecule has 4 nitrogen and oxygen atoms in total. The fourth-order valence-corrected chi connectivity index (χ4v) is 3.72. The summed E-state index contributed by atoms with van der Waals surface area (Å²) in [6.45, 7) is -0.333. The molecule has 0 bridgehead atoms. The molecule has 0 saturated carbocycles. The minimum absolute atomic E-state index is 0.112. The third-order valence-corrected chi connectivity index (χ3v) is 5.10. The zero-order valence-electron chi connectivity index (χ0n) is 9.97. The summed E-state index contributed by atoms with van der Waals surface area (Å²) in [6, 6.07) is 2.52. The summed E-state index contributed by atoms with van der Waals surface area (Å²) >= 11 is 8.72. The van der Waals surface area contributed by atoms with Crippen molar-refractivity contribution in [2.45, 2.75) is 23.9 Å². The van der Waals surface area contributed by atoms with Gasteiger partial charge in [-0.25, -0.2) is 13.1 Å². The number of benzene rings is 1. The first-order valence-corrected chi connectivity index (χ1v) is 7.99. The average molecular weight is 396 g/mol. The molecule has 0 amide bonds. The second-order valence-electron chi connectivity index (χ2n) is 3.92. The molecule has 3 N–H and O–H groups in total. The summed E-state index contributed by atoms with van der Waals surface area (Å²) in [4.78, 5) is -0.213. The molecule has 114 valence electrons. The number of halogens is 5. The van der Waals surface area contributed by atoms with E-state index in [0.29, 0.717) is 0 Å². The van der Waals surface area contributed by atoms with Crippen LogP contribution in [0.25, 0.3) is 0 Å². The van der Waals surface area contributed by atoms with Gasteiger partial charge < -0.3 is 5.73 Å². The third kappa shape index (κ3) is 5.12. The molecule has 1 rings (SSSR count). The molecule has 0 radical (unpaired) electrons. The molecule has 0 aliphatic heterocycles. The summed E-state index contributed by atoms with van der Waals surface area (Å²) in [6.07, 6.45) is -5.72. The molecule has 0 unspecified atom stereocenters. The Balaban J connectivity index is 2.80. The Kier molecular flexibility index (Phi) is 5.70. The zero-order chi connectivity index (χ0) is 15.6. The predicted molar refractivity (Wildman–Crippen MR) is 74.0 cm³/mol. The average Bonchev–Trinajstić information content (AvgIpc) is 2.28. The minimum atomic E-state index is -4.31. The SMILES string of the molecule is Nc1cc(Cl)cc(S(=O)(=O)NCCCC(F)(F)F)c1Br. The molecule has 0 aliphatic carbocycles. The van der Waals surface area contributed by atoms with Crippen LogP contribution in [0.3, 0.4) is 0 Å². The van der Waals surface area contributed by atoms with Crippen LogP contribution in [0.1, 0.15) is 12.8 Å². The van der Waals surface area contributed by atoms with E-state index in [9.17, 15) is 21.6 Å². The highest BCUT2D eigenvalue weighted by Gasteiger charge is 2.27. The van der Waals surface area contributed by atoms with E-state index >= 15 is 0 Å². The van der Waals surface area contributed by atoms with Crippen molar-refractivity contribution in [1.82, 2.24) is 4.72 Å². The number of sulfonamides is 1. The van der Waals surface area contributed by atoms with Crippen LogP contribution in [0.15, 0.2) is 21.5 Å². The van der Waals surface area contributed by atoms with E-state index in [4.69, 9.17) is 17.3 Å². The van der Waals surface area contributed by atoms with Crippen molar-refractivity contribution in [3.63, 3.8) is 0 Å². The molecule has 0 aliphatic rings. The highest BCUT2D eigenvalue weighted by Crippen LogP contribution is 2.31. The smallest absolute Gasteiger partial charge is 0.389 e. The van der Waals surface area contributed by atoms with E-state index < -0.39 is 22.6 Å². The zero-order valence-corrected chi connectivity index (χ0v) is 13.1. The van der Waals surface area contributed by atoms with E-state index in [-0.39, 0.29) is 33.0 Å². The van der Waals surface area contributed by atoms with E-state index in [0.717, 1.165) is 6.07 Å². The Bertz CT molecular complexity index is 593. The molecular weight excluding hydrogens is 385 g/mol. The van der Waals surface area contributed by atoms with Gasteiger partial charge in [-0.2, -0.15) is 13.2 Å². The lowest BCUT2D eigenvalue weighted by molar-refractivity contribution is -0.135. The van der Waals surface area contributed by atoms with Crippen molar-refractivity contribution in [2.24, 2.45) is 0 Å². The fourth-order valence-electron chi connectivity index (χ4n) is 1.35. The van der Waals surface area contributed by atoms with E-state index in [1.54, 1.807) is 0 Å². The second kappa shape index (κ2) is 6.50. The fraction of sp³-hybridized carbons (Fsp3) is 0.400. The Hall–Kier alpha value is -0.510. The first kappa shape index (κ1) is 17.5. The molecule has 1 aromatic carbocycles. The number of hydrogen-bond donors (Lipinski definition) is 2. The summed E-state index contributed by atoms with van der Waals surface area (Å²) < 4.78 is 61.9. The lowest BCUT2D eigenvalue weighted by atomic mass is 10.3. The van der Waals surface area contributed by atoms with Crippen LogP contribution in [0.5, 0.6) is 0 Å². The van der Waals surface area contributed by atoms with Gasteiger partial charge in [0, 0.05) is 23.7 Å². The van der Waals surface area contributed by atoms with Gasteiger partial charge >= 0.3 is 6.18 Å². The largest absolute Gasteiger partial charge is 0.398 e. The Morgan fingerprint density at radius 3 is 2.50 bits per heavy atom. The van der Waals surface area contributed by atoms with Crippen molar-refractivity contribution >= 4 is 43.2 Å². The van der Waals surface area contributed by atoms with Crippen LogP contribution in [-0.4, -0.2) is 21.1 Å². The monoisotopic (exact) mass is 394 g/mol. The predicted octanol–water partition coefficient (Wildman–Crippen LogP) is 3.31. The third-order valence-electron chi connectivity index (χ3n) is 2.25. The van der Waals surface area contributed by atoms with Gasteiger partial charge in [-0.15, -0.1) is 0 Å². The summed E-state index contributed by atoms with van der Waals surface area (Å²) in [5.41, 5.74) is 5.68. The standard InChI is InChI=1S/C10H11BrClF3N2O2S/c11-9-7(16)4-6(12)5-8(9)20(18,19)17-3-1-2-10(13,14)15/h4-5,17H,1-3,16H2. The minimum Gasteiger partial charge on any atom is -0.398 e. The maximum absolute atomic E-state index is 11.9. The van der Waals surface area contributed by atoms with Gasteiger partial charge in [0.1, 0.15) is 0 Å². The molecule has 0 spiro atoms. The number of rotatable bonds is 5. The normalized spacial score (nSPS) is 12.7. The van der Waals surface area contributed by atoms with Crippen molar-refractivity contribution in [3.05, 3.63) is 21.6 Å². The number of alkyl halides is 3. The maximum Gasteiger partial charge on any atom is 0.389 e. The van der Waals surface area contributed by atoms with Crippen LogP contribution in [0.2, 0.25) is 5.02 Å². The molecule has 0 atom stereocenters. The molecular formula is C10H11BrClF3N2O2S. The molecule has 0 aromatic heterocycles. The Labute approximate surface area is 127 Å². The quantitative estimate of drug-likeness (QED) is 0.593. The molecule has 10 heteroatoms. The molecule has 0 saturated heterocycles. The van der Waals surface area contributed by atoms with Gasteiger partial charge in [-0.3, -0.25) is 0 Å². The first-order valence-electron chi connectivity index (χ1n) is 5.34. The van der Waals surface area contributed by atoms with Crippen LogP contribution in [-0.2, 0) is 10.0 Å². The second-order valence-corrected chi connectivity index (χ2v) is 6.89. The van der Waals surface area contributed by atoms with Crippen LogP contribution < -0.4 is 10.5 Å². The topological polar surface area (TPSA) is 72.2 Å². The first-order chi connectivity index (χ1) is 9.03. The van der Waals surface area contributed by atoms with Crippen LogP contribution in [0.4, 0.5) is 18.9 Å². The van der Waals surface area contributed by atoms with E-state index in [1.165, 1.54) is 6.07 Å². The van der Waals surface area contributed by atoms with E-state index in [1.807, 2.05) is 0 Å². The molecule has 20 heavy (non-hydrogen) atoms. The highest BCUT2D eigenvalue weighted by atomic mass is 79.9. The summed E-state index contributed by atoms with van der Waals surface area (Å²) in [5, 5.41) is 0.112. The number of nitrogens with one attached hydrogen (secondary N) is 1. The molecule has 1 aromatic rings. The molecule has 0 fully saturated rings. The van der Waals surface area contributed by atoms with Gasteiger partial charge in [-0.05, 0) is 34.5 Å². The highest BCUT2D eigenvalue weighted by molar-refractivity contribution is 9.10. The van der Waals surface area contributed by atoms with Gasteiger partial charge in [0.2, 0.25) is 10.0 Å². The number of anilines is 1. The van der Waals surface area contributed by atoms with E-state index in [2.05, 4.69) is 20.7 Å².